The molecule has 4 rings (SSSR count). The molecular formula is C24H29NO4S. The number of hydrogen-bond acceptors (Lipinski definition) is 5. The molecule has 1 saturated heterocycles. The molecule has 0 unspecified atom stereocenters. The number of likely N-dealkylation sites (tertiary alicyclic amines) is 1. The number of carbonyl (C=O) groups excluding carboxylic acids is 1. The van der Waals surface area contributed by atoms with Crippen LogP contribution in [0, 0.1) is 12.8 Å². The molecule has 0 spiro atoms. The Hall–Kier alpha value is -2.18. The fourth-order valence-electron chi connectivity index (χ4n) is 4.08. The van der Waals surface area contributed by atoms with E-state index in [2.05, 4.69) is 17.0 Å². The lowest BCUT2D eigenvalue weighted by Gasteiger charge is -2.17. The number of benzene rings is 2. The van der Waals surface area contributed by atoms with Crippen molar-refractivity contribution in [3.05, 3.63) is 59.2 Å². The second kappa shape index (κ2) is 8.52. The Morgan fingerprint density at radius 1 is 1.10 bits per heavy atom. The smallest absolute Gasteiger partial charge is 0.178 e. The van der Waals surface area contributed by atoms with Crippen LogP contribution in [0.2, 0.25) is 0 Å². The Balaban J connectivity index is 1.35. The van der Waals surface area contributed by atoms with Crippen LogP contribution in [0.25, 0.3) is 0 Å². The number of ether oxygens (including phenoxy) is 1. The normalized spacial score (nSPS) is 19.7. The summed E-state index contributed by atoms with van der Waals surface area (Å²) in [6.45, 7) is 5.78. The van der Waals surface area contributed by atoms with Crippen molar-refractivity contribution in [3.63, 3.8) is 0 Å². The monoisotopic (exact) mass is 427 g/mol. The van der Waals surface area contributed by atoms with E-state index in [9.17, 15) is 13.2 Å². The molecule has 0 radical (unpaired) electrons. The largest absolute Gasteiger partial charge is 0.490 e. The lowest BCUT2D eigenvalue weighted by atomic mass is 10.1. The van der Waals surface area contributed by atoms with Gasteiger partial charge in [-0.3, -0.25) is 9.69 Å². The molecule has 0 N–H and O–H groups in total. The number of rotatable bonds is 8. The molecule has 1 saturated carbocycles. The lowest BCUT2D eigenvalue weighted by Crippen LogP contribution is -2.23. The molecule has 2 aromatic carbocycles. The summed E-state index contributed by atoms with van der Waals surface area (Å²) in [6, 6.07) is 13.1. The molecule has 2 aromatic rings. The van der Waals surface area contributed by atoms with Crippen LogP contribution in [0.1, 0.15) is 47.7 Å². The van der Waals surface area contributed by atoms with Crippen LogP contribution in [0.4, 0.5) is 0 Å². The van der Waals surface area contributed by atoms with Gasteiger partial charge in [0, 0.05) is 18.7 Å². The topological polar surface area (TPSA) is 63.7 Å². The molecule has 0 bridgehead atoms. The van der Waals surface area contributed by atoms with Crippen molar-refractivity contribution in [1.29, 1.82) is 0 Å². The highest BCUT2D eigenvalue weighted by Crippen LogP contribution is 2.28. The summed E-state index contributed by atoms with van der Waals surface area (Å²) in [4.78, 5) is 14.3. The fraction of sp³-hybridized carbons (Fsp3) is 0.458. The Morgan fingerprint density at radius 3 is 2.50 bits per heavy atom. The molecule has 2 fully saturated rings. The van der Waals surface area contributed by atoms with Crippen molar-refractivity contribution in [2.75, 3.05) is 18.8 Å². The number of nitrogens with zero attached hydrogens (tertiary/aromatic N) is 1. The van der Waals surface area contributed by atoms with Crippen molar-refractivity contribution in [2.24, 2.45) is 5.92 Å². The van der Waals surface area contributed by atoms with Crippen LogP contribution in [0.3, 0.4) is 0 Å². The molecule has 6 heteroatoms. The van der Waals surface area contributed by atoms with Gasteiger partial charge in [-0.2, -0.15) is 0 Å². The third-order valence-electron chi connectivity index (χ3n) is 5.93. The van der Waals surface area contributed by atoms with Gasteiger partial charge in [0.05, 0.1) is 16.8 Å². The van der Waals surface area contributed by atoms with Crippen molar-refractivity contribution in [2.45, 2.75) is 50.7 Å². The first-order chi connectivity index (χ1) is 14.3. The predicted octanol–water partition coefficient (Wildman–Crippen LogP) is 4.03. The molecule has 0 aromatic heterocycles. The summed E-state index contributed by atoms with van der Waals surface area (Å²) in [5.74, 6) is 1.05. The van der Waals surface area contributed by atoms with E-state index in [-0.39, 0.29) is 22.3 Å². The van der Waals surface area contributed by atoms with Gasteiger partial charge in [0.1, 0.15) is 5.75 Å². The minimum absolute atomic E-state index is 0.106. The number of sulfone groups is 1. The summed E-state index contributed by atoms with van der Waals surface area (Å²) in [5, 5.41) is 0. The molecule has 2 aliphatic rings. The third kappa shape index (κ3) is 5.10. The summed E-state index contributed by atoms with van der Waals surface area (Å²) < 4.78 is 31.6. The Bertz CT molecular complexity index is 1030. The first-order valence-corrected chi connectivity index (χ1v) is 12.3. The Morgan fingerprint density at radius 2 is 1.83 bits per heavy atom. The van der Waals surface area contributed by atoms with Gasteiger partial charge in [0.2, 0.25) is 0 Å². The second-order valence-electron chi connectivity index (χ2n) is 8.67. The van der Waals surface area contributed by atoms with Gasteiger partial charge < -0.3 is 4.74 Å². The van der Waals surface area contributed by atoms with Gasteiger partial charge in [-0.15, -0.1) is 0 Å². The van der Waals surface area contributed by atoms with Gasteiger partial charge in [-0.05, 0) is 81.0 Å². The van der Waals surface area contributed by atoms with E-state index in [1.54, 1.807) is 12.1 Å². The van der Waals surface area contributed by atoms with E-state index in [1.807, 2.05) is 19.1 Å². The Kier molecular flexibility index (Phi) is 5.98. The first-order valence-electron chi connectivity index (χ1n) is 10.6. The van der Waals surface area contributed by atoms with Gasteiger partial charge >= 0.3 is 0 Å². The van der Waals surface area contributed by atoms with E-state index < -0.39 is 9.84 Å². The summed E-state index contributed by atoms with van der Waals surface area (Å²) >= 11 is 0. The van der Waals surface area contributed by atoms with E-state index in [1.165, 1.54) is 18.6 Å². The van der Waals surface area contributed by atoms with Gasteiger partial charge in [0.15, 0.2) is 15.6 Å². The molecule has 1 atom stereocenters. The molecule has 30 heavy (non-hydrogen) atoms. The zero-order chi connectivity index (χ0) is 21.3. The summed E-state index contributed by atoms with van der Waals surface area (Å²) in [7, 11) is -3.42. The standard InChI is InChI=1S/C24H29NO4S/c1-17-3-10-23(13-24(17)18(2)26)30(27,28)16-20-11-12-25(15-20)14-19-4-6-21(7-5-19)29-22-8-9-22/h3-7,10,13,20,22H,8-9,11-12,14-16H2,1-2H3/t20-/m1/s1. The average molecular weight is 428 g/mol. The fourth-order valence-corrected chi connectivity index (χ4v) is 5.74. The molecular weight excluding hydrogens is 398 g/mol. The van der Waals surface area contributed by atoms with Crippen LogP contribution >= 0.6 is 0 Å². The number of Topliss-reactive ketones (excluding diaryl/α,β-unsaturated/α-hetero) is 1. The highest BCUT2D eigenvalue weighted by molar-refractivity contribution is 7.91. The highest BCUT2D eigenvalue weighted by Gasteiger charge is 2.29. The van der Waals surface area contributed by atoms with E-state index in [0.717, 1.165) is 50.2 Å². The molecule has 1 aliphatic heterocycles. The predicted molar refractivity (Wildman–Crippen MR) is 117 cm³/mol. The quantitative estimate of drug-likeness (QED) is 0.595. The zero-order valence-electron chi connectivity index (χ0n) is 17.6. The summed E-state index contributed by atoms with van der Waals surface area (Å²) in [5.41, 5.74) is 2.51. The van der Waals surface area contributed by atoms with Crippen LogP contribution in [0.5, 0.6) is 5.75 Å². The van der Waals surface area contributed by atoms with E-state index >= 15 is 0 Å². The number of ketones is 1. The van der Waals surface area contributed by atoms with Crippen molar-refractivity contribution in [3.8, 4) is 5.75 Å². The van der Waals surface area contributed by atoms with Crippen LogP contribution in [-0.2, 0) is 16.4 Å². The van der Waals surface area contributed by atoms with Crippen molar-refractivity contribution >= 4 is 15.6 Å². The van der Waals surface area contributed by atoms with E-state index in [4.69, 9.17) is 4.74 Å². The SMILES string of the molecule is CC(=O)c1cc(S(=O)(=O)C[C@@H]2CCN(Cc3ccc(OC4CC4)cc3)C2)ccc1C. The van der Waals surface area contributed by atoms with Crippen molar-refractivity contribution in [1.82, 2.24) is 4.90 Å². The van der Waals surface area contributed by atoms with Crippen LogP contribution in [-0.4, -0.2) is 44.0 Å². The maximum atomic E-state index is 12.9. The Labute approximate surface area is 179 Å². The number of aryl methyl sites for hydroxylation is 1. The second-order valence-corrected chi connectivity index (χ2v) is 10.7. The van der Waals surface area contributed by atoms with Crippen molar-refractivity contribution < 1.29 is 17.9 Å². The minimum atomic E-state index is -3.42. The van der Waals surface area contributed by atoms with Gasteiger partial charge in [0.25, 0.3) is 0 Å². The minimum Gasteiger partial charge on any atom is -0.490 e. The maximum Gasteiger partial charge on any atom is 0.178 e. The van der Waals surface area contributed by atoms with Crippen LogP contribution < -0.4 is 4.74 Å². The van der Waals surface area contributed by atoms with Crippen LogP contribution in [0.15, 0.2) is 47.4 Å². The lowest BCUT2D eigenvalue weighted by molar-refractivity contribution is 0.101. The maximum absolute atomic E-state index is 12.9. The van der Waals surface area contributed by atoms with Gasteiger partial charge in [-0.1, -0.05) is 18.2 Å². The average Bonchev–Trinajstić information content (AvgIpc) is 3.41. The van der Waals surface area contributed by atoms with Gasteiger partial charge in [-0.25, -0.2) is 8.42 Å². The zero-order valence-corrected chi connectivity index (χ0v) is 18.5. The molecule has 5 nitrogen and oxygen atoms in total. The first kappa shape index (κ1) is 21.1. The molecule has 0 amide bonds. The number of hydrogen-bond donors (Lipinski definition) is 0. The molecule has 160 valence electrons. The highest BCUT2D eigenvalue weighted by atomic mass is 32.2. The molecule has 1 heterocycles. The third-order valence-corrected chi connectivity index (χ3v) is 7.81. The molecule has 1 aliphatic carbocycles. The van der Waals surface area contributed by atoms with E-state index in [0.29, 0.717) is 11.7 Å². The summed E-state index contributed by atoms with van der Waals surface area (Å²) in [6.07, 6.45) is 3.57. The number of carbonyl (C=O) groups is 1.